The largest absolute Gasteiger partial charge is 0.341 e. The molecule has 1 fully saturated rings. The lowest BCUT2D eigenvalue weighted by Crippen LogP contribution is -2.45. The van der Waals surface area contributed by atoms with Crippen LogP contribution in [0, 0.1) is 5.82 Å². The standard InChI is InChI=1S/C21H20FN5/c22-16-12-24-20(25-13-16)26-10-7-21(8-11-26)15-27(17-4-3-9-23-14-17)19-6-2-1-5-18(19)21/h1-6,9,12-14H,7-8,10-11,15H2. The van der Waals surface area contributed by atoms with Crippen LogP contribution in [0.15, 0.2) is 61.2 Å². The van der Waals surface area contributed by atoms with Gasteiger partial charge in [0.1, 0.15) is 0 Å². The summed E-state index contributed by atoms with van der Waals surface area (Å²) in [4.78, 5) is 17.1. The number of halogens is 1. The zero-order chi connectivity index (χ0) is 18.3. The molecule has 0 radical (unpaired) electrons. The Labute approximate surface area is 157 Å². The smallest absolute Gasteiger partial charge is 0.225 e. The van der Waals surface area contributed by atoms with Gasteiger partial charge in [-0.25, -0.2) is 14.4 Å². The predicted molar refractivity (Wildman–Crippen MR) is 103 cm³/mol. The maximum absolute atomic E-state index is 13.1. The lowest BCUT2D eigenvalue weighted by Gasteiger charge is -2.40. The SMILES string of the molecule is Fc1cnc(N2CCC3(CC2)CN(c2cccnc2)c2ccccc23)nc1. The minimum Gasteiger partial charge on any atom is -0.341 e. The molecule has 0 bridgehead atoms. The van der Waals surface area contributed by atoms with Crippen LogP contribution in [0.25, 0.3) is 0 Å². The summed E-state index contributed by atoms with van der Waals surface area (Å²) in [6.07, 6.45) is 8.24. The van der Waals surface area contributed by atoms with Crippen molar-refractivity contribution in [3.05, 3.63) is 72.6 Å². The van der Waals surface area contributed by atoms with Gasteiger partial charge in [-0.3, -0.25) is 4.98 Å². The van der Waals surface area contributed by atoms with Crippen molar-refractivity contribution < 1.29 is 4.39 Å². The van der Waals surface area contributed by atoms with E-state index < -0.39 is 5.82 Å². The van der Waals surface area contributed by atoms with Gasteiger partial charge in [-0.1, -0.05) is 18.2 Å². The molecule has 5 nitrogen and oxygen atoms in total. The van der Waals surface area contributed by atoms with Gasteiger partial charge in [-0.2, -0.15) is 0 Å². The van der Waals surface area contributed by atoms with E-state index in [9.17, 15) is 4.39 Å². The Bertz CT molecular complexity index is 936. The zero-order valence-corrected chi connectivity index (χ0v) is 14.9. The van der Waals surface area contributed by atoms with Crippen molar-refractivity contribution in [1.29, 1.82) is 0 Å². The third-order valence-corrected chi connectivity index (χ3v) is 5.79. The number of fused-ring (bicyclic) bond motifs is 2. The minimum absolute atomic E-state index is 0.114. The second-order valence-electron chi connectivity index (χ2n) is 7.28. The molecular formula is C21H20FN5. The summed E-state index contributed by atoms with van der Waals surface area (Å²) in [5.74, 6) is 0.214. The van der Waals surface area contributed by atoms with E-state index in [2.05, 4.69) is 55.1 Å². The number of hydrogen-bond acceptors (Lipinski definition) is 5. The Morgan fingerprint density at radius 3 is 2.44 bits per heavy atom. The highest BCUT2D eigenvalue weighted by Gasteiger charge is 2.45. The zero-order valence-electron chi connectivity index (χ0n) is 14.9. The van der Waals surface area contributed by atoms with Crippen molar-refractivity contribution in [1.82, 2.24) is 15.0 Å². The fraction of sp³-hybridized carbons (Fsp3) is 0.286. The molecule has 0 amide bonds. The Hall–Kier alpha value is -3.02. The maximum atomic E-state index is 13.1. The molecule has 2 aromatic heterocycles. The highest BCUT2D eigenvalue weighted by atomic mass is 19.1. The van der Waals surface area contributed by atoms with Gasteiger partial charge in [0, 0.05) is 36.9 Å². The van der Waals surface area contributed by atoms with Gasteiger partial charge in [-0.05, 0) is 36.6 Å². The fourth-order valence-electron chi connectivity index (χ4n) is 4.41. The van der Waals surface area contributed by atoms with E-state index in [4.69, 9.17) is 0 Å². The van der Waals surface area contributed by atoms with E-state index in [0.29, 0.717) is 5.95 Å². The van der Waals surface area contributed by atoms with Crippen LogP contribution in [-0.4, -0.2) is 34.6 Å². The monoisotopic (exact) mass is 361 g/mol. The van der Waals surface area contributed by atoms with Crippen LogP contribution in [0.2, 0.25) is 0 Å². The van der Waals surface area contributed by atoms with Crippen LogP contribution in [-0.2, 0) is 5.41 Å². The van der Waals surface area contributed by atoms with Crippen molar-refractivity contribution in [2.75, 3.05) is 29.4 Å². The number of piperidine rings is 1. The number of rotatable bonds is 2. The molecule has 1 aromatic carbocycles. The van der Waals surface area contributed by atoms with E-state index in [-0.39, 0.29) is 5.41 Å². The number of aromatic nitrogens is 3. The van der Waals surface area contributed by atoms with Crippen LogP contribution >= 0.6 is 0 Å². The summed E-state index contributed by atoms with van der Waals surface area (Å²) in [7, 11) is 0. The van der Waals surface area contributed by atoms with Gasteiger partial charge in [0.25, 0.3) is 0 Å². The van der Waals surface area contributed by atoms with E-state index in [1.807, 2.05) is 18.5 Å². The Kier molecular flexibility index (Phi) is 3.77. The van der Waals surface area contributed by atoms with Crippen LogP contribution in [0.4, 0.5) is 21.7 Å². The van der Waals surface area contributed by atoms with Gasteiger partial charge >= 0.3 is 0 Å². The molecule has 0 aliphatic carbocycles. The molecule has 2 aliphatic rings. The highest BCUT2D eigenvalue weighted by molar-refractivity contribution is 5.72. The molecule has 136 valence electrons. The van der Waals surface area contributed by atoms with E-state index in [1.165, 1.54) is 23.6 Å². The Morgan fingerprint density at radius 2 is 1.70 bits per heavy atom. The topological polar surface area (TPSA) is 45.2 Å². The van der Waals surface area contributed by atoms with E-state index in [1.54, 1.807) is 0 Å². The van der Waals surface area contributed by atoms with E-state index >= 15 is 0 Å². The van der Waals surface area contributed by atoms with Gasteiger partial charge in [0.15, 0.2) is 5.82 Å². The first kappa shape index (κ1) is 16.2. The molecule has 0 unspecified atom stereocenters. The van der Waals surface area contributed by atoms with Gasteiger partial charge < -0.3 is 9.80 Å². The molecule has 0 N–H and O–H groups in total. The lowest BCUT2D eigenvalue weighted by molar-refractivity contribution is 0.353. The summed E-state index contributed by atoms with van der Waals surface area (Å²) in [6.45, 7) is 2.68. The molecule has 4 heterocycles. The molecule has 0 atom stereocenters. The number of anilines is 3. The van der Waals surface area contributed by atoms with Crippen LogP contribution in [0.3, 0.4) is 0 Å². The van der Waals surface area contributed by atoms with Gasteiger partial charge in [-0.15, -0.1) is 0 Å². The average molecular weight is 361 g/mol. The van der Waals surface area contributed by atoms with Crippen molar-refractivity contribution in [2.45, 2.75) is 18.3 Å². The molecule has 6 heteroatoms. The summed E-state index contributed by atoms with van der Waals surface area (Å²) in [5.41, 5.74) is 3.93. The van der Waals surface area contributed by atoms with Crippen molar-refractivity contribution in [3.8, 4) is 0 Å². The number of para-hydroxylation sites is 1. The highest BCUT2D eigenvalue weighted by Crippen LogP contribution is 2.49. The molecule has 3 aromatic rings. The average Bonchev–Trinajstić information content (AvgIpc) is 3.05. The molecule has 1 saturated heterocycles. The number of hydrogen-bond donors (Lipinski definition) is 0. The quantitative estimate of drug-likeness (QED) is 0.696. The second kappa shape index (κ2) is 6.30. The fourth-order valence-corrected chi connectivity index (χ4v) is 4.41. The number of benzene rings is 1. The van der Waals surface area contributed by atoms with Crippen LogP contribution in [0.5, 0.6) is 0 Å². The normalized spacial score (nSPS) is 18.0. The second-order valence-corrected chi connectivity index (χ2v) is 7.28. The first-order valence-corrected chi connectivity index (χ1v) is 9.25. The molecule has 27 heavy (non-hydrogen) atoms. The van der Waals surface area contributed by atoms with E-state index in [0.717, 1.165) is 38.2 Å². The first-order chi connectivity index (χ1) is 13.3. The van der Waals surface area contributed by atoms with Gasteiger partial charge in [0.2, 0.25) is 5.95 Å². The molecule has 1 spiro atoms. The van der Waals surface area contributed by atoms with Crippen molar-refractivity contribution in [3.63, 3.8) is 0 Å². The van der Waals surface area contributed by atoms with Crippen LogP contribution < -0.4 is 9.80 Å². The minimum atomic E-state index is -0.399. The third-order valence-electron chi connectivity index (χ3n) is 5.79. The number of pyridine rings is 1. The molecule has 5 rings (SSSR count). The Morgan fingerprint density at radius 1 is 0.926 bits per heavy atom. The summed E-state index contributed by atoms with van der Waals surface area (Å²) < 4.78 is 13.1. The number of nitrogens with zero attached hydrogens (tertiary/aromatic N) is 5. The summed E-state index contributed by atoms with van der Waals surface area (Å²) in [6, 6.07) is 12.8. The Balaban J connectivity index is 1.43. The molecule has 0 saturated carbocycles. The third kappa shape index (κ3) is 2.72. The summed E-state index contributed by atoms with van der Waals surface area (Å²) in [5, 5.41) is 0. The van der Waals surface area contributed by atoms with Gasteiger partial charge in [0.05, 0.1) is 24.3 Å². The maximum Gasteiger partial charge on any atom is 0.225 e. The van der Waals surface area contributed by atoms with Crippen LogP contribution in [0.1, 0.15) is 18.4 Å². The summed E-state index contributed by atoms with van der Waals surface area (Å²) >= 11 is 0. The van der Waals surface area contributed by atoms with Crippen molar-refractivity contribution >= 4 is 17.3 Å². The first-order valence-electron chi connectivity index (χ1n) is 9.25. The molecular weight excluding hydrogens is 341 g/mol. The lowest BCUT2D eigenvalue weighted by atomic mass is 9.74. The predicted octanol–water partition coefficient (Wildman–Crippen LogP) is 3.70. The molecule has 2 aliphatic heterocycles. The van der Waals surface area contributed by atoms with Crippen molar-refractivity contribution in [2.24, 2.45) is 0 Å².